The SMILES string of the molecule is C[C@@H](Oc1cc(Cl)cnc1N)c1cccc(NC(=O)c2cccc(C3(O)CCCC3)c2)c1. The van der Waals surface area contributed by atoms with Crippen molar-refractivity contribution in [3.05, 3.63) is 82.5 Å². The molecule has 3 aromatic rings. The molecule has 1 heterocycles. The number of pyridine rings is 1. The molecule has 7 heteroatoms. The number of rotatable bonds is 6. The molecule has 2 aromatic carbocycles. The highest BCUT2D eigenvalue weighted by molar-refractivity contribution is 6.30. The minimum absolute atomic E-state index is 0.234. The van der Waals surface area contributed by atoms with Crippen LogP contribution in [-0.2, 0) is 5.60 Å². The van der Waals surface area contributed by atoms with Crippen molar-refractivity contribution in [2.45, 2.75) is 44.3 Å². The van der Waals surface area contributed by atoms with Crippen LogP contribution in [0.4, 0.5) is 11.5 Å². The van der Waals surface area contributed by atoms with Crippen LogP contribution in [0.2, 0.25) is 5.02 Å². The molecule has 0 spiro atoms. The van der Waals surface area contributed by atoms with Crippen molar-refractivity contribution >= 4 is 29.0 Å². The van der Waals surface area contributed by atoms with E-state index in [9.17, 15) is 9.90 Å². The van der Waals surface area contributed by atoms with Crippen molar-refractivity contribution in [2.24, 2.45) is 0 Å². The lowest BCUT2D eigenvalue weighted by Gasteiger charge is -2.23. The number of carbonyl (C=O) groups is 1. The third kappa shape index (κ3) is 4.87. The van der Waals surface area contributed by atoms with Crippen molar-refractivity contribution in [3.63, 3.8) is 0 Å². The van der Waals surface area contributed by atoms with Crippen LogP contribution in [0.15, 0.2) is 60.8 Å². The minimum atomic E-state index is -0.833. The number of anilines is 2. The van der Waals surface area contributed by atoms with Crippen LogP contribution in [0, 0.1) is 0 Å². The summed E-state index contributed by atoms with van der Waals surface area (Å²) >= 11 is 5.99. The molecular weight excluding hydrogens is 426 g/mol. The summed E-state index contributed by atoms with van der Waals surface area (Å²) in [5.41, 5.74) is 7.85. The number of ether oxygens (including phenoxy) is 1. The van der Waals surface area contributed by atoms with E-state index in [-0.39, 0.29) is 17.8 Å². The third-order valence-corrected chi connectivity index (χ3v) is 6.07. The predicted molar refractivity (Wildman–Crippen MR) is 126 cm³/mol. The van der Waals surface area contributed by atoms with Crippen molar-refractivity contribution in [1.82, 2.24) is 4.98 Å². The predicted octanol–water partition coefficient (Wildman–Crippen LogP) is 5.47. The van der Waals surface area contributed by atoms with E-state index >= 15 is 0 Å². The van der Waals surface area contributed by atoms with Gasteiger partial charge < -0.3 is 20.9 Å². The lowest BCUT2D eigenvalue weighted by Crippen LogP contribution is -2.22. The molecule has 1 aromatic heterocycles. The Morgan fingerprint density at radius 2 is 1.94 bits per heavy atom. The maximum absolute atomic E-state index is 12.9. The second-order valence-electron chi connectivity index (χ2n) is 8.20. The fourth-order valence-electron chi connectivity index (χ4n) is 4.06. The minimum Gasteiger partial charge on any atom is -0.482 e. The molecule has 0 unspecified atom stereocenters. The van der Waals surface area contributed by atoms with E-state index in [2.05, 4.69) is 10.3 Å². The number of nitrogen functional groups attached to an aromatic ring is 1. The fraction of sp³-hybridized carbons (Fsp3) is 0.280. The number of nitrogens with zero attached hydrogens (tertiary/aromatic N) is 1. The molecule has 0 aliphatic heterocycles. The van der Waals surface area contributed by atoms with E-state index in [1.165, 1.54) is 6.20 Å². The largest absolute Gasteiger partial charge is 0.482 e. The summed E-state index contributed by atoms with van der Waals surface area (Å²) in [6, 6.07) is 16.3. The Bertz CT molecular complexity index is 1130. The Hall–Kier alpha value is -3.09. The molecule has 0 radical (unpaired) electrons. The highest BCUT2D eigenvalue weighted by Crippen LogP contribution is 2.38. The molecule has 0 bridgehead atoms. The summed E-state index contributed by atoms with van der Waals surface area (Å²) in [4.78, 5) is 16.9. The number of hydrogen-bond donors (Lipinski definition) is 3. The Balaban J connectivity index is 1.48. The zero-order valence-electron chi connectivity index (χ0n) is 17.8. The number of amides is 1. The van der Waals surface area contributed by atoms with Gasteiger partial charge in [-0.25, -0.2) is 4.98 Å². The maximum atomic E-state index is 12.9. The third-order valence-electron chi connectivity index (χ3n) is 5.86. The van der Waals surface area contributed by atoms with Crippen LogP contribution in [0.1, 0.15) is 60.2 Å². The first-order valence-corrected chi connectivity index (χ1v) is 11.0. The van der Waals surface area contributed by atoms with E-state index in [0.717, 1.165) is 36.8 Å². The van der Waals surface area contributed by atoms with E-state index in [0.29, 0.717) is 22.0 Å². The quantitative estimate of drug-likeness (QED) is 0.461. The van der Waals surface area contributed by atoms with E-state index in [1.54, 1.807) is 18.2 Å². The highest BCUT2D eigenvalue weighted by atomic mass is 35.5. The molecule has 1 atom stereocenters. The zero-order valence-corrected chi connectivity index (χ0v) is 18.6. The topological polar surface area (TPSA) is 97.5 Å². The van der Waals surface area contributed by atoms with Crippen LogP contribution in [0.25, 0.3) is 0 Å². The summed E-state index contributed by atoms with van der Waals surface area (Å²) in [6.45, 7) is 1.88. The smallest absolute Gasteiger partial charge is 0.255 e. The number of aromatic nitrogens is 1. The van der Waals surface area contributed by atoms with Gasteiger partial charge in [0.15, 0.2) is 11.6 Å². The molecule has 1 amide bonds. The molecule has 32 heavy (non-hydrogen) atoms. The van der Waals surface area contributed by atoms with Gasteiger partial charge in [-0.15, -0.1) is 0 Å². The van der Waals surface area contributed by atoms with Crippen LogP contribution < -0.4 is 15.8 Å². The van der Waals surface area contributed by atoms with Gasteiger partial charge in [-0.2, -0.15) is 0 Å². The fourth-order valence-corrected chi connectivity index (χ4v) is 4.20. The maximum Gasteiger partial charge on any atom is 0.255 e. The Labute approximate surface area is 192 Å². The zero-order chi connectivity index (χ0) is 22.7. The lowest BCUT2D eigenvalue weighted by atomic mass is 9.91. The molecule has 4 rings (SSSR count). The van der Waals surface area contributed by atoms with Gasteiger partial charge in [0.05, 0.1) is 10.6 Å². The number of halogens is 1. The van der Waals surface area contributed by atoms with Crippen LogP contribution in [0.5, 0.6) is 5.75 Å². The van der Waals surface area contributed by atoms with Crippen LogP contribution >= 0.6 is 11.6 Å². The summed E-state index contributed by atoms with van der Waals surface area (Å²) in [7, 11) is 0. The molecule has 166 valence electrons. The number of nitrogens with one attached hydrogen (secondary N) is 1. The number of benzene rings is 2. The first kappa shape index (κ1) is 22.1. The van der Waals surface area contributed by atoms with Crippen LogP contribution in [-0.4, -0.2) is 16.0 Å². The van der Waals surface area contributed by atoms with E-state index in [4.69, 9.17) is 22.1 Å². The van der Waals surface area contributed by atoms with E-state index in [1.807, 2.05) is 43.3 Å². The van der Waals surface area contributed by atoms with Crippen molar-refractivity contribution < 1.29 is 14.6 Å². The molecule has 1 saturated carbocycles. The standard InChI is InChI=1S/C25H26ClN3O3/c1-16(32-22-14-20(26)15-28-23(22)27)17-6-5-9-21(13-17)29-24(30)18-7-4-8-19(12-18)25(31)10-2-3-11-25/h4-9,12-16,31H,2-3,10-11H2,1H3,(H2,27,28)(H,29,30)/t16-/m1/s1. The number of carbonyl (C=O) groups excluding carboxylic acids is 1. The van der Waals surface area contributed by atoms with Gasteiger partial charge in [-0.05, 0) is 55.2 Å². The van der Waals surface area contributed by atoms with Crippen molar-refractivity contribution in [1.29, 1.82) is 0 Å². The van der Waals surface area contributed by atoms with Gasteiger partial charge in [0.1, 0.15) is 6.10 Å². The molecule has 1 fully saturated rings. The summed E-state index contributed by atoms with van der Waals surface area (Å²) in [6.07, 6.45) is 4.57. The molecular formula is C25H26ClN3O3. The highest BCUT2D eigenvalue weighted by Gasteiger charge is 2.33. The summed E-state index contributed by atoms with van der Waals surface area (Å²) < 4.78 is 5.93. The molecule has 1 aliphatic rings. The normalized spacial score (nSPS) is 15.8. The average Bonchev–Trinajstić information content (AvgIpc) is 3.24. The van der Waals surface area contributed by atoms with Gasteiger partial charge in [0, 0.05) is 23.5 Å². The summed E-state index contributed by atoms with van der Waals surface area (Å²) in [5.74, 6) is 0.429. The monoisotopic (exact) mass is 451 g/mol. The average molecular weight is 452 g/mol. The molecule has 1 aliphatic carbocycles. The number of aliphatic hydroxyl groups is 1. The van der Waals surface area contributed by atoms with Gasteiger partial charge in [-0.3, -0.25) is 4.79 Å². The second kappa shape index (κ2) is 9.18. The molecule has 6 nitrogen and oxygen atoms in total. The first-order chi connectivity index (χ1) is 15.3. The van der Waals surface area contributed by atoms with Gasteiger partial charge in [-0.1, -0.05) is 48.7 Å². The van der Waals surface area contributed by atoms with Crippen molar-refractivity contribution in [3.8, 4) is 5.75 Å². The Kier molecular flexibility index (Phi) is 6.35. The lowest BCUT2D eigenvalue weighted by molar-refractivity contribution is 0.0444. The van der Waals surface area contributed by atoms with Crippen LogP contribution in [0.3, 0.4) is 0 Å². The number of hydrogen-bond acceptors (Lipinski definition) is 5. The molecule has 4 N–H and O–H groups in total. The first-order valence-electron chi connectivity index (χ1n) is 10.7. The molecule has 0 saturated heterocycles. The van der Waals surface area contributed by atoms with Gasteiger partial charge in [0.25, 0.3) is 5.91 Å². The van der Waals surface area contributed by atoms with E-state index < -0.39 is 5.60 Å². The Morgan fingerprint density at radius 1 is 1.19 bits per heavy atom. The Morgan fingerprint density at radius 3 is 2.72 bits per heavy atom. The van der Waals surface area contributed by atoms with Gasteiger partial charge >= 0.3 is 0 Å². The second-order valence-corrected chi connectivity index (χ2v) is 8.63. The van der Waals surface area contributed by atoms with Crippen molar-refractivity contribution in [2.75, 3.05) is 11.1 Å². The summed E-state index contributed by atoms with van der Waals surface area (Å²) in [5, 5.41) is 14.2. The van der Waals surface area contributed by atoms with Gasteiger partial charge in [0.2, 0.25) is 0 Å². The number of nitrogens with two attached hydrogens (primary N) is 1.